The number of nitrogen functional groups attached to an aromatic ring is 1. The Labute approximate surface area is 143 Å². The third kappa shape index (κ3) is 3.25. The van der Waals surface area contributed by atoms with Gasteiger partial charge in [0.2, 0.25) is 0 Å². The zero-order valence-corrected chi connectivity index (χ0v) is 13.6. The highest BCUT2D eigenvalue weighted by Gasteiger charge is 2.20. The van der Waals surface area contributed by atoms with E-state index in [4.69, 9.17) is 5.73 Å². The first-order chi connectivity index (χ1) is 11.8. The molecule has 5 N–H and O–H groups in total. The molecule has 0 spiro atoms. The van der Waals surface area contributed by atoms with Crippen molar-refractivity contribution in [2.45, 2.75) is 4.90 Å². The molecule has 0 bridgehead atoms. The lowest BCUT2D eigenvalue weighted by atomic mass is 10.1. The second kappa shape index (κ2) is 6.08. The second-order valence-electron chi connectivity index (χ2n) is 5.37. The van der Waals surface area contributed by atoms with Crippen molar-refractivity contribution in [2.75, 3.05) is 11.1 Å². The number of phenols is 1. The van der Waals surface area contributed by atoms with Crippen LogP contribution in [-0.4, -0.2) is 24.0 Å². The van der Waals surface area contributed by atoms with E-state index in [2.05, 4.69) is 5.32 Å². The minimum Gasteiger partial charge on any atom is -0.505 e. The van der Waals surface area contributed by atoms with E-state index >= 15 is 0 Å². The van der Waals surface area contributed by atoms with Gasteiger partial charge in [-0.2, -0.15) is 8.42 Å². The monoisotopic (exact) mass is 358 g/mol. The van der Waals surface area contributed by atoms with E-state index in [9.17, 15) is 22.9 Å². The Morgan fingerprint density at radius 2 is 1.68 bits per heavy atom. The van der Waals surface area contributed by atoms with Crippen molar-refractivity contribution >= 4 is 38.2 Å². The number of nitrogens with two attached hydrogens (primary N) is 1. The lowest BCUT2D eigenvalue weighted by Gasteiger charge is -2.13. The van der Waals surface area contributed by atoms with Gasteiger partial charge in [0.25, 0.3) is 16.0 Å². The van der Waals surface area contributed by atoms with E-state index < -0.39 is 20.9 Å². The molecule has 0 fully saturated rings. The Morgan fingerprint density at radius 1 is 1.00 bits per heavy atom. The molecule has 7 nitrogen and oxygen atoms in total. The molecule has 0 aliphatic rings. The SMILES string of the molecule is Nc1cccc(C(=O)Nc2cc(S(=O)(=O)O)c3ccccc3c2O)c1. The lowest BCUT2D eigenvalue weighted by Crippen LogP contribution is -2.13. The number of amides is 1. The Bertz CT molecular complexity index is 1090. The quantitative estimate of drug-likeness (QED) is 0.323. The number of nitrogens with one attached hydrogen (secondary N) is 1. The van der Waals surface area contributed by atoms with Gasteiger partial charge >= 0.3 is 0 Å². The molecular weight excluding hydrogens is 344 g/mol. The van der Waals surface area contributed by atoms with Crippen LogP contribution >= 0.6 is 0 Å². The van der Waals surface area contributed by atoms with Gasteiger partial charge in [-0.15, -0.1) is 0 Å². The first-order valence-corrected chi connectivity index (χ1v) is 8.60. The molecular formula is C17H14N2O5S. The van der Waals surface area contributed by atoms with Crippen molar-refractivity contribution in [2.24, 2.45) is 0 Å². The predicted molar refractivity (Wildman–Crippen MR) is 94.2 cm³/mol. The van der Waals surface area contributed by atoms with Gasteiger partial charge < -0.3 is 16.2 Å². The third-order valence-corrected chi connectivity index (χ3v) is 4.55. The number of hydrogen-bond donors (Lipinski definition) is 4. The number of phenolic OH excluding ortho intramolecular Hbond substituents is 1. The summed E-state index contributed by atoms with van der Waals surface area (Å²) in [7, 11) is -4.56. The standard InChI is InChI=1S/C17H14N2O5S/c18-11-5-3-4-10(8-11)17(21)19-14-9-15(25(22,23)24)12-6-1-2-7-13(12)16(14)20/h1-9,20H,18H2,(H,19,21)(H,22,23,24). The van der Waals surface area contributed by atoms with E-state index in [1.807, 2.05) is 0 Å². The third-order valence-electron chi connectivity index (χ3n) is 3.65. The van der Waals surface area contributed by atoms with Crippen molar-refractivity contribution in [3.8, 4) is 5.75 Å². The van der Waals surface area contributed by atoms with Gasteiger partial charge in [-0.3, -0.25) is 9.35 Å². The molecule has 3 aromatic carbocycles. The van der Waals surface area contributed by atoms with E-state index in [-0.39, 0.29) is 27.8 Å². The van der Waals surface area contributed by atoms with Crippen LogP contribution in [0.4, 0.5) is 11.4 Å². The fourth-order valence-corrected chi connectivity index (χ4v) is 3.23. The van der Waals surface area contributed by atoms with Gasteiger partial charge in [-0.1, -0.05) is 30.3 Å². The summed E-state index contributed by atoms with van der Waals surface area (Å²) in [5.41, 5.74) is 6.11. The molecule has 0 aliphatic carbocycles. The summed E-state index contributed by atoms with van der Waals surface area (Å²) >= 11 is 0. The largest absolute Gasteiger partial charge is 0.505 e. The molecule has 3 aromatic rings. The van der Waals surface area contributed by atoms with Crippen LogP contribution < -0.4 is 11.1 Å². The van der Waals surface area contributed by atoms with Gasteiger partial charge in [0.05, 0.1) is 5.69 Å². The number of rotatable bonds is 3. The maximum absolute atomic E-state index is 12.3. The van der Waals surface area contributed by atoms with Crippen LogP contribution in [0.25, 0.3) is 10.8 Å². The van der Waals surface area contributed by atoms with Crippen LogP contribution in [0.15, 0.2) is 59.5 Å². The number of carbonyl (C=O) groups excluding carboxylic acids is 1. The van der Waals surface area contributed by atoms with Crippen molar-refractivity contribution in [3.05, 3.63) is 60.2 Å². The predicted octanol–water partition coefficient (Wildman–Crippen LogP) is 2.63. The van der Waals surface area contributed by atoms with Crippen LogP contribution in [-0.2, 0) is 10.1 Å². The summed E-state index contributed by atoms with van der Waals surface area (Å²) in [6.45, 7) is 0. The Balaban J connectivity index is 2.14. The number of aromatic hydroxyl groups is 1. The summed E-state index contributed by atoms with van der Waals surface area (Å²) < 4.78 is 32.8. The molecule has 8 heteroatoms. The number of benzene rings is 3. The molecule has 0 saturated heterocycles. The highest BCUT2D eigenvalue weighted by Crippen LogP contribution is 2.37. The maximum Gasteiger partial charge on any atom is 0.295 e. The Kier molecular flexibility index (Phi) is 4.07. The average Bonchev–Trinajstić information content (AvgIpc) is 2.56. The van der Waals surface area contributed by atoms with Crippen LogP contribution in [0, 0.1) is 0 Å². The highest BCUT2D eigenvalue weighted by molar-refractivity contribution is 7.86. The van der Waals surface area contributed by atoms with E-state index in [0.29, 0.717) is 5.69 Å². The van der Waals surface area contributed by atoms with Gasteiger partial charge in [0.1, 0.15) is 10.6 Å². The molecule has 1 amide bonds. The van der Waals surface area contributed by atoms with Gasteiger partial charge in [0, 0.05) is 22.0 Å². The summed E-state index contributed by atoms with van der Waals surface area (Å²) in [5, 5.41) is 13.1. The summed E-state index contributed by atoms with van der Waals surface area (Å²) in [5.74, 6) is -0.889. The van der Waals surface area contributed by atoms with Gasteiger partial charge in [0.15, 0.2) is 0 Å². The zero-order valence-electron chi connectivity index (χ0n) is 12.8. The first kappa shape index (κ1) is 16.7. The minimum atomic E-state index is -4.56. The van der Waals surface area contributed by atoms with Crippen LogP contribution in [0.2, 0.25) is 0 Å². The highest BCUT2D eigenvalue weighted by atomic mass is 32.2. The van der Waals surface area contributed by atoms with Crippen molar-refractivity contribution < 1.29 is 22.9 Å². The molecule has 0 aromatic heterocycles. The maximum atomic E-state index is 12.3. The second-order valence-corrected chi connectivity index (χ2v) is 6.76. The van der Waals surface area contributed by atoms with Crippen molar-refractivity contribution in [3.63, 3.8) is 0 Å². The van der Waals surface area contributed by atoms with Crippen LogP contribution in [0.3, 0.4) is 0 Å². The molecule has 0 heterocycles. The molecule has 0 saturated carbocycles. The van der Waals surface area contributed by atoms with Crippen LogP contribution in [0.5, 0.6) is 5.75 Å². The average molecular weight is 358 g/mol. The summed E-state index contributed by atoms with van der Waals surface area (Å²) in [6.07, 6.45) is 0. The van der Waals surface area contributed by atoms with E-state index in [1.54, 1.807) is 24.3 Å². The molecule has 128 valence electrons. The zero-order chi connectivity index (χ0) is 18.2. The normalized spacial score (nSPS) is 11.4. The molecule has 3 rings (SSSR count). The Morgan fingerprint density at radius 3 is 2.32 bits per heavy atom. The Hall–Kier alpha value is -3.10. The van der Waals surface area contributed by atoms with Crippen molar-refractivity contribution in [1.29, 1.82) is 0 Å². The van der Waals surface area contributed by atoms with Crippen molar-refractivity contribution in [1.82, 2.24) is 0 Å². The number of hydrogen-bond acceptors (Lipinski definition) is 5. The lowest BCUT2D eigenvalue weighted by molar-refractivity contribution is 0.102. The fourth-order valence-electron chi connectivity index (χ4n) is 2.51. The number of carbonyl (C=O) groups is 1. The smallest absolute Gasteiger partial charge is 0.295 e. The summed E-state index contributed by atoms with van der Waals surface area (Å²) in [6, 6.07) is 13.3. The number of fused-ring (bicyclic) bond motifs is 1. The van der Waals surface area contributed by atoms with Gasteiger partial charge in [-0.05, 0) is 24.3 Å². The molecule has 0 unspecified atom stereocenters. The number of anilines is 2. The first-order valence-electron chi connectivity index (χ1n) is 7.16. The summed E-state index contributed by atoms with van der Waals surface area (Å²) in [4.78, 5) is 11.9. The minimum absolute atomic E-state index is 0.140. The van der Waals surface area contributed by atoms with E-state index in [0.717, 1.165) is 6.07 Å². The molecule has 0 atom stereocenters. The molecule has 25 heavy (non-hydrogen) atoms. The fraction of sp³-hybridized carbons (Fsp3) is 0. The van der Waals surface area contributed by atoms with Gasteiger partial charge in [-0.25, -0.2) is 0 Å². The molecule has 0 radical (unpaired) electrons. The van der Waals surface area contributed by atoms with Crippen LogP contribution in [0.1, 0.15) is 10.4 Å². The molecule has 0 aliphatic heterocycles. The van der Waals surface area contributed by atoms with E-state index in [1.165, 1.54) is 24.3 Å². The topological polar surface area (TPSA) is 130 Å².